The molecule has 2 aromatic heterocycles. The summed E-state index contributed by atoms with van der Waals surface area (Å²) in [5.74, 6) is 0.675. The second-order valence-electron chi connectivity index (χ2n) is 6.32. The highest BCUT2D eigenvalue weighted by atomic mass is 32.1. The van der Waals surface area contributed by atoms with Crippen LogP contribution in [0, 0.1) is 6.92 Å². The summed E-state index contributed by atoms with van der Waals surface area (Å²) >= 11 is 1.67. The molecule has 2 heterocycles. The Hall–Kier alpha value is -2.60. The first kappa shape index (κ1) is 18.2. The minimum atomic E-state index is -0.0932. The van der Waals surface area contributed by atoms with Crippen molar-refractivity contribution in [3.8, 4) is 16.3 Å². The third kappa shape index (κ3) is 4.52. The number of rotatable bonds is 7. The lowest BCUT2D eigenvalue weighted by atomic mass is 10.2. The number of aromatic nitrogens is 2. The van der Waals surface area contributed by atoms with Crippen LogP contribution in [-0.4, -0.2) is 28.3 Å². The average Bonchev–Trinajstić information content (AvgIpc) is 3.25. The molecular formula is C20H23N3O2S. The topological polar surface area (TPSA) is 56.2 Å². The van der Waals surface area contributed by atoms with Crippen molar-refractivity contribution in [3.63, 3.8) is 0 Å². The maximum absolute atomic E-state index is 12.3. The molecule has 1 aromatic carbocycles. The molecular weight excluding hydrogens is 346 g/mol. The fourth-order valence-electron chi connectivity index (χ4n) is 2.62. The van der Waals surface area contributed by atoms with Gasteiger partial charge in [0.25, 0.3) is 5.91 Å². The Balaban J connectivity index is 1.54. The van der Waals surface area contributed by atoms with Gasteiger partial charge in [0.2, 0.25) is 0 Å². The highest BCUT2D eigenvalue weighted by molar-refractivity contribution is 7.13. The zero-order chi connectivity index (χ0) is 18.5. The number of carbonyl (C=O) groups is 1. The second kappa shape index (κ2) is 8.19. The molecule has 0 aliphatic carbocycles. The van der Waals surface area contributed by atoms with E-state index >= 15 is 0 Å². The minimum absolute atomic E-state index is 0.0932. The Morgan fingerprint density at radius 3 is 2.69 bits per heavy atom. The normalized spacial score (nSPS) is 10.9. The molecule has 1 N–H and O–H groups in total. The van der Waals surface area contributed by atoms with Crippen molar-refractivity contribution in [2.24, 2.45) is 0 Å². The van der Waals surface area contributed by atoms with Crippen LogP contribution in [0.25, 0.3) is 10.6 Å². The van der Waals surface area contributed by atoms with Crippen LogP contribution >= 0.6 is 11.3 Å². The largest absolute Gasteiger partial charge is 0.491 e. The van der Waals surface area contributed by atoms with Gasteiger partial charge in [-0.2, -0.15) is 5.10 Å². The van der Waals surface area contributed by atoms with Crippen LogP contribution in [0.3, 0.4) is 0 Å². The lowest BCUT2D eigenvalue weighted by Gasteiger charge is -2.10. The Morgan fingerprint density at radius 2 is 2.04 bits per heavy atom. The maximum Gasteiger partial charge on any atom is 0.251 e. The number of amides is 1. The number of nitrogens with zero attached hydrogens (tertiary/aromatic N) is 2. The lowest BCUT2D eigenvalue weighted by Crippen LogP contribution is -2.27. The van der Waals surface area contributed by atoms with E-state index in [-0.39, 0.29) is 12.0 Å². The molecule has 0 fully saturated rings. The smallest absolute Gasteiger partial charge is 0.251 e. The predicted molar refractivity (Wildman–Crippen MR) is 105 cm³/mol. The Morgan fingerprint density at radius 1 is 1.27 bits per heavy atom. The van der Waals surface area contributed by atoms with Crippen LogP contribution in [-0.2, 0) is 6.54 Å². The Kier molecular flexibility index (Phi) is 5.73. The number of aryl methyl sites for hydroxylation is 1. The van der Waals surface area contributed by atoms with Crippen LogP contribution in [0.2, 0.25) is 0 Å². The summed E-state index contributed by atoms with van der Waals surface area (Å²) < 4.78 is 7.52. The molecule has 0 aliphatic heterocycles. The molecule has 0 spiro atoms. The predicted octanol–water partition coefficient (Wildman–Crippen LogP) is 4.14. The van der Waals surface area contributed by atoms with Crippen molar-refractivity contribution in [2.45, 2.75) is 33.4 Å². The molecule has 0 saturated heterocycles. The summed E-state index contributed by atoms with van der Waals surface area (Å²) in [6.07, 6.45) is 0.117. The highest BCUT2D eigenvalue weighted by Crippen LogP contribution is 2.23. The van der Waals surface area contributed by atoms with E-state index in [0.717, 1.165) is 22.0 Å². The summed E-state index contributed by atoms with van der Waals surface area (Å²) in [5, 5.41) is 9.60. The SMILES string of the molecule is Cc1cc(-c2cccs2)nn1CCNC(=O)c1ccc(OC(C)C)cc1. The highest BCUT2D eigenvalue weighted by Gasteiger charge is 2.09. The van der Waals surface area contributed by atoms with Gasteiger partial charge in [-0.25, -0.2) is 0 Å². The number of benzene rings is 1. The first-order valence-corrected chi connectivity index (χ1v) is 9.54. The van der Waals surface area contributed by atoms with Crippen LogP contribution < -0.4 is 10.1 Å². The fourth-order valence-corrected chi connectivity index (χ4v) is 3.30. The first-order valence-electron chi connectivity index (χ1n) is 8.66. The number of hydrogen-bond acceptors (Lipinski definition) is 4. The summed E-state index contributed by atoms with van der Waals surface area (Å²) in [5.41, 5.74) is 2.68. The standard InChI is InChI=1S/C20H23N3O2S/c1-14(2)25-17-8-6-16(7-9-17)20(24)21-10-11-23-15(3)13-18(22-23)19-5-4-12-26-19/h4-9,12-14H,10-11H2,1-3H3,(H,21,24). The van der Waals surface area contributed by atoms with E-state index in [1.165, 1.54) is 0 Å². The number of carbonyl (C=O) groups excluding carboxylic acids is 1. The van der Waals surface area contributed by atoms with Gasteiger partial charge in [0.1, 0.15) is 11.4 Å². The molecule has 136 valence electrons. The van der Waals surface area contributed by atoms with Gasteiger partial charge in [0.05, 0.1) is 17.5 Å². The van der Waals surface area contributed by atoms with E-state index in [2.05, 4.69) is 22.5 Å². The molecule has 0 saturated carbocycles. The Labute approximate surface area is 157 Å². The summed E-state index contributed by atoms with van der Waals surface area (Å²) in [4.78, 5) is 13.4. The quantitative estimate of drug-likeness (QED) is 0.681. The van der Waals surface area contributed by atoms with E-state index in [9.17, 15) is 4.79 Å². The molecule has 0 radical (unpaired) electrons. The third-order valence-electron chi connectivity index (χ3n) is 3.85. The number of hydrogen-bond donors (Lipinski definition) is 1. The Bertz CT molecular complexity index is 852. The van der Waals surface area contributed by atoms with Gasteiger partial charge in [-0.15, -0.1) is 11.3 Å². The van der Waals surface area contributed by atoms with E-state index in [0.29, 0.717) is 18.7 Å². The van der Waals surface area contributed by atoms with Gasteiger partial charge in [-0.05, 0) is 62.5 Å². The summed E-state index contributed by atoms with van der Waals surface area (Å²) in [6, 6.07) is 13.3. The van der Waals surface area contributed by atoms with E-state index < -0.39 is 0 Å². The van der Waals surface area contributed by atoms with Gasteiger partial charge in [0.15, 0.2) is 0 Å². The zero-order valence-electron chi connectivity index (χ0n) is 15.2. The van der Waals surface area contributed by atoms with Gasteiger partial charge < -0.3 is 10.1 Å². The molecule has 26 heavy (non-hydrogen) atoms. The lowest BCUT2D eigenvalue weighted by molar-refractivity contribution is 0.0952. The minimum Gasteiger partial charge on any atom is -0.491 e. The maximum atomic E-state index is 12.3. The molecule has 0 bridgehead atoms. The van der Waals surface area contributed by atoms with Crippen molar-refractivity contribution < 1.29 is 9.53 Å². The molecule has 0 aliphatic rings. The molecule has 6 heteroatoms. The van der Waals surface area contributed by atoms with Gasteiger partial charge in [-0.1, -0.05) is 6.07 Å². The second-order valence-corrected chi connectivity index (χ2v) is 7.27. The molecule has 3 rings (SSSR count). The fraction of sp³-hybridized carbons (Fsp3) is 0.300. The third-order valence-corrected chi connectivity index (χ3v) is 4.74. The van der Waals surface area contributed by atoms with Crippen molar-refractivity contribution in [1.82, 2.24) is 15.1 Å². The van der Waals surface area contributed by atoms with Crippen molar-refractivity contribution >= 4 is 17.2 Å². The van der Waals surface area contributed by atoms with Crippen molar-refractivity contribution in [1.29, 1.82) is 0 Å². The summed E-state index contributed by atoms with van der Waals surface area (Å²) in [7, 11) is 0. The summed E-state index contributed by atoms with van der Waals surface area (Å²) in [6.45, 7) is 7.13. The van der Waals surface area contributed by atoms with Crippen LogP contribution in [0.4, 0.5) is 0 Å². The van der Waals surface area contributed by atoms with Gasteiger partial charge >= 0.3 is 0 Å². The number of thiophene rings is 1. The molecule has 5 nitrogen and oxygen atoms in total. The van der Waals surface area contributed by atoms with E-state index in [1.54, 1.807) is 23.5 Å². The van der Waals surface area contributed by atoms with Gasteiger partial charge in [-0.3, -0.25) is 9.48 Å². The zero-order valence-corrected chi connectivity index (χ0v) is 16.0. The number of nitrogens with one attached hydrogen (secondary N) is 1. The molecule has 0 unspecified atom stereocenters. The van der Waals surface area contributed by atoms with Crippen LogP contribution in [0.15, 0.2) is 47.8 Å². The average molecular weight is 369 g/mol. The van der Waals surface area contributed by atoms with Crippen molar-refractivity contribution in [2.75, 3.05) is 6.54 Å². The van der Waals surface area contributed by atoms with Crippen LogP contribution in [0.1, 0.15) is 29.9 Å². The first-order chi connectivity index (χ1) is 12.5. The van der Waals surface area contributed by atoms with Crippen LogP contribution in [0.5, 0.6) is 5.75 Å². The van der Waals surface area contributed by atoms with E-state index in [1.807, 2.05) is 49.0 Å². The van der Waals surface area contributed by atoms with Crippen molar-refractivity contribution in [3.05, 3.63) is 59.1 Å². The number of ether oxygens (including phenoxy) is 1. The molecule has 0 atom stereocenters. The molecule has 3 aromatic rings. The molecule has 1 amide bonds. The monoisotopic (exact) mass is 369 g/mol. The van der Waals surface area contributed by atoms with E-state index in [4.69, 9.17) is 4.74 Å². The van der Waals surface area contributed by atoms with Gasteiger partial charge in [0, 0.05) is 17.8 Å².